The van der Waals surface area contributed by atoms with Crippen molar-refractivity contribution in [2.24, 2.45) is 5.73 Å². The molecule has 1 aromatic heterocycles. The molecule has 120 valence electrons. The largest absolute Gasteiger partial charge is 0.324 e. The number of hydrogen-bond acceptors (Lipinski definition) is 3. The van der Waals surface area contributed by atoms with E-state index in [-0.39, 0.29) is 5.56 Å². The van der Waals surface area contributed by atoms with E-state index in [1.165, 1.54) is 12.1 Å². The summed E-state index contributed by atoms with van der Waals surface area (Å²) in [5.74, 6) is -0.954. The second-order valence-electron chi connectivity index (χ2n) is 5.30. The molecule has 0 aliphatic rings. The third kappa shape index (κ3) is 3.47. The van der Waals surface area contributed by atoms with Crippen LogP contribution < -0.4 is 11.1 Å². The maximum absolute atomic E-state index is 13.7. The molecule has 1 atom stereocenters. The van der Waals surface area contributed by atoms with Gasteiger partial charge in [0.05, 0.1) is 0 Å². The van der Waals surface area contributed by atoms with E-state index in [4.69, 9.17) is 5.73 Å². The van der Waals surface area contributed by atoms with E-state index in [9.17, 15) is 9.18 Å². The lowest BCUT2D eigenvalue weighted by molar-refractivity contribution is -0.117. The van der Waals surface area contributed by atoms with Crippen molar-refractivity contribution in [1.29, 1.82) is 0 Å². The van der Waals surface area contributed by atoms with Crippen molar-refractivity contribution in [2.75, 3.05) is 5.32 Å². The molecule has 0 fully saturated rings. The molecule has 0 aliphatic heterocycles. The number of pyridine rings is 1. The number of hydrogen-bond donors (Lipinski definition) is 2. The first kappa shape index (κ1) is 15.8. The van der Waals surface area contributed by atoms with Gasteiger partial charge in [-0.05, 0) is 41.5 Å². The molecule has 0 bridgehead atoms. The first-order valence-electron chi connectivity index (χ1n) is 7.46. The van der Waals surface area contributed by atoms with Gasteiger partial charge in [0.1, 0.15) is 11.9 Å². The quantitative estimate of drug-likeness (QED) is 0.772. The van der Waals surface area contributed by atoms with Gasteiger partial charge in [0.15, 0.2) is 0 Å². The Morgan fingerprint density at radius 2 is 1.58 bits per heavy atom. The van der Waals surface area contributed by atoms with E-state index in [0.29, 0.717) is 5.69 Å². The second kappa shape index (κ2) is 7.02. The number of carbonyl (C=O) groups excluding carboxylic acids is 1. The van der Waals surface area contributed by atoms with Crippen LogP contribution in [0, 0.1) is 5.82 Å². The molecule has 0 spiro atoms. The van der Waals surface area contributed by atoms with Crippen LogP contribution >= 0.6 is 0 Å². The van der Waals surface area contributed by atoms with Crippen LogP contribution in [0.5, 0.6) is 0 Å². The summed E-state index contributed by atoms with van der Waals surface area (Å²) in [7, 11) is 0. The van der Waals surface area contributed by atoms with Gasteiger partial charge >= 0.3 is 0 Å². The van der Waals surface area contributed by atoms with Crippen LogP contribution in [-0.4, -0.2) is 10.9 Å². The molecule has 1 heterocycles. The van der Waals surface area contributed by atoms with Crippen molar-refractivity contribution in [3.63, 3.8) is 0 Å². The number of amides is 1. The summed E-state index contributed by atoms with van der Waals surface area (Å²) in [5, 5.41) is 2.70. The molecule has 3 aromatic rings. The summed E-state index contributed by atoms with van der Waals surface area (Å²) in [6, 6.07) is 16.1. The zero-order valence-corrected chi connectivity index (χ0v) is 12.8. The number of nitrogens with zero attached hydrogens (tertiary/aromatic N) is 1. The molecule has 2 aromatic carbocycles. The summed E-state index contributed by atoms with van der Waals surface area (Å²) in [6.45, 7) is 0. The lowest BCUT2D eigenvalue weighted by atomic mass is 10.1. The van der Waals surface area contributed by atoms with Crippen molar-refractivity contribution in [3.05, 3.63) is 84.4 Å². The van der Waals surface area contributed by atoms with Crippen molar-refractivity contribution < 1.29 is 9.18 Å². The zero-order valence-electron chi connectivity index (χ0n) is 12.8. The van der Waals surface area contributed by atoms with Crippen LogP contribution in [0.25, 0.3) is 11.1 Å². The molecular weight excluding hydrogens is 305 g/mol. The fourth-order valence-electron chi connectivity index (χ4n) is 2.38. The number of halogens is 1. The number of nitrogens with two attached hydrogens (primary N) is 1. The van der Waals surface area contributed by atoms with Gasteiger partial charge in [-0.3, -0.25) is 9.78 Å². The van der Waals surface area contributed by atoms with Crippen LogP contribution in [0.3, 0.4) is 0 Å². The number of rotatable bonds is 4. The van der Waals surface area contributed by atoms with E-state index in [0.717, 1.165) is 11.1 Å². The number of nitrogens with one attached hydrogen (secondary N) is 1. The molecule has 24 heavy (non-hydrogen) atoms. The van der Waals surface area contributed by atoms with Crippen molar-refractivity contribution >= 4 is 11.6 Å². The Morgan fingerprint density at radius 1 is 0.958 bits per heavy atom. The minimum absolute atomic E-state index is 0.170. The molecule has 0 saturated heterocycles. The number of aromatic nitrogens is 1. The monoisotopic (exact) mass is 321 g/mol. The van der Waals surface area contributed by atoms with Crippen LogP contribution in [0.1, 0.15) is 11.6 Å². The standard InChI is InChI=1S/C19H16FN3O/c20-17-4-2-1-3-16(17)18(21)19(24)23-15-7-5-13(6-8-15)14-9-11-22-12-10-14/h1-12,18H,21H2,(H,23,24). The Kier molecular flexibility index (Phi) is 4.63. The Labute approximate surface area is 139 Å². The van der Waals surface area contributed by atoms with Crippen molar-refractivity contribution in [1.82, 2.24) is 4.98 Å². The Bertz CT molecular complexity index is 835. The van der Waals surface area contributed by atoms with Gasteiger partial charge in [0, 0.05) is 23.6 Å². The van der Waals surface area contributed by atoms with Crippen LogP contribution in [0.15, 0.2) is 73.1 Å². The van der Waals surface area contributed by atoms with Gasteiger partial charge < -0.3 is 11.1 Å². The highest BCUT2D eigenvalue weighted by Crippen LogP contribution is 2.22. The van der Waals surface area contributed by atoms with Gasteiger partial charge in [-0.25, -0.2) is 4.39 Å². The van der Waals surface area contributed by atoms with E-state index >= 15 is 0 Å². The fraction of sp³-hybridized carbons (Fsp3) is 0.0526. The molecule has 0 aliphatic carbocycles. The molecule has 0 radical (unpaired) electrons. The third-order valence-electron chi connectivity index (χ3n) is 3.69. The first-order valence-corrected chi connectivity index (χ1v) is 7.46. The zero-order chi connectivity index (χ0) is 16.9. The van der Waals surface area contributed by atoms with Crippen LogP contribution in [0.2, 0.25) is 0 Å². The summed E-state index contributed by atoms with van der Waals surface area (Å²) >= 11 is 0. The third-order valence-corrected chi connectivity index (χ3v) is 3.69. The molecule has 0 saturated carbocycles. The SMILES string of the molecule is NC(C(=O)Nc1ccc(-c2ccncc2)cc1)c1ccccc1F. The maximum atomic E-state index is 13.7. The molecule has 1 unspecified atom stereocenters. The van der Waals surface area contributed by atoms with Crippen molar-refractivity contribution in [2.45, 2.75) is 6.04 Å². The minimum atomic E-state index is -1.06. The number of benzene rings is 2. The summed E-state index contributed by atoms with van der Waals surface area (Å²) in [4.78, 5) is 16.2. The Hall–Kier alpha value is -3.05. The van der Waals surface area contributed by atoms with Gasteiger partial charge in [-0.1, -0.05) is 30.3 Å². The highest BCUT2D eigenvalue weighted by Gasteiger charge is 2.19. The van der Waals surface area contributed by atoms with E-state index in [1.807, 2.05) is 24.3 Å². The van der Waals surface area contributed by atoms with E-state index < -0.39 is 17.8 Å². The smallest absolute Gasteiger partial charge is 0.245 e. The lowest BCUT2D eigenvalue weighted by Gasteiger charge is -2.13. The molecular formula is C19H16FN3O. The fourth-order valence-corrected chi connectivity index (χ4v) is 2.38. The highest BCUT2D eigenvalue weighted by molar-refractivity contribution is 5.95. The van der Waals surface area contributed by atoms with E-state index in [2.05, 4.69) is 10.3 Å². The average Bonchev–Trinajstić information content (AvgIpc) is 2.63. The maximum Gasteiger partial charge on any atom is 0.245 e. The van der Waals surface area contributed by atoms with Crippen LogP contribution in [-0.2, 0) is 4.79 Å². The van der Waals surface area contributed by atoms with Gasteiger partial charge in [-0.15, -0.1) is 0 Å². The average molecular weight is 321 g/mol. The first-order chi connectivity index (χ1) is 11.6. The van der Waals surface area contributed by atoms with Crippen LogP contribution in [0.4, 0.5) is 10.1 Å². The molecule has 3 rings (SSSR count). The predicted molar refractivity (Wildman–Crippen MR) is 91.6 cm³/mol. The molecule has 4 nitrogen and oxygen atoms in total. The summed E-state index contributed by atoms with van der Waals surface area (Å²) in [6.07, 6.45) is 3.44. The van der Waals surface area contributed by atoms with Crippen molar-refractivity contribution in [3.8, 4) is 11.1 Å². The molecule has 5 heteroatoms. The molecule has 3 N–H and O–H groups in total. The number of carbonyl (C=O) groups is 1. The lowest BCUT2D eigenvalue weighted by Crippen LogP contribution is -2.28. The minimum Gasteiger partial charge on any atom is -0.324 e. The summed E-state index contributed by atoms with van der Waals surface area (Å²) < 4.78 is 13.7. The highest BCUT2D eigenvalue weighted by atomic mass is 19.1. The number of anilines is 1. The molecule has 1 amide bonds. The van der Waals surface area contributed by atoms with Gasteiger partial charge in [0.2, 0.25) is 5.91 Å². The topological polar surface area (TPSA) is 68.0 Å². The van der Waals surface area contributed by atoms with E-state index in [1.54, 1.807) is 36.7 Å². The van der Waals surface area contributed by atoms with Gasteiger partial charge in [-0.2, -0.15) is 0 Å². The predicted octanol–water partition coefficient (Wildman–Crippen LogP) is 3.53. The summed E-state index contributed by atoms with van der Waals surface area (Å²) in [5.41, 5.74) is 8.66. The second-order valence-corrected chi connectivity index (χ2v) is 5.30. The Balaban J connectivity index is 1.72. The normalized spacial score (nSPS) is 11.8. The Morgan fingerprint density at radius 3 is 2.25 bits per heavy atom. The van der Waals surface area contributed by atoms with Gasteiger partial charge in [0.25, 0.3) is 0 Å².